The van der Waals surface area contributed by atoms with E-state index in [2.05, 4.69) is 11.9 Å². The van der Waals surface area contributed by atoms with E-state index in [0.29, 0.717) is 18.7 Å². The van der Waals surface area contributed by atoms with Gasteiger partial charge >= 0.3 is 0 Å². The second-order valence-corrected chi connectivity index (χ2v) is 3.35. The molecule has 0 amide bonds. The summed E-state index contributed by atoms with van der Waals surface area (Å²) >= 11 is 0. The first kappa shape index (κ1) is 12.4. The lowest BCUT2D eigenvalue weighted by atomic mass is 10.2. The molecule has 1 rings (SSSR count). The molecule has 3 N–H and O–H groups in total. The van der Waals surface area contributed by atoms with Gasteiger partial charge in [0.2, 0.25) is 0 Å². The smallest absolute Gasteiger partial charge is 0.161 e. The molecule has 0 aromatic heterocycles. The van der Waals surface area contributed by atoms with Crippen LogP contribution in [0.3, 0.4) is 0 Å². The van der Waals surface area contributed by atoms with Gasteiger partial charge in [0.25, 0.3) is 0 Å². The zero-order valence-electron chi connectivity index (χ0n) is 9.15. The minimum Gasteiger partial charge on any atom is -0.504 e. The molecule has 0 unspecified atom stereocenters. The predicted octanol–water partition coefficient (Wildman–Crippen LogP) is 1.74. The maximum absolute atomic E-state index is 9.51. The average molecular weight is 223 g/mol. The molecule has 0 atom stereocenters. The monoisotopic (exact) mass is 223 g/mol. The number of rotatable bonds is 7. The Morgan fingerprint density at radius 2 is 2.19 bits per heavy atom. The highest BCUT2D eigenvalue weighted by Crippen LogP contribution is 2.27. The van der Waals surface area contributed by atoms with Crippen molar-refractivity contribution in [1.29, 1.82) is 0 Å². The van der Waals surface area contributed by atoms with Crippen molar-refractivity contribution in [3.05, 3.63) is 36.6 Å². The third kappa shape index (κ3) is 3.82. The number of phenols is 2. The second-order valence-electron chi connectivity index (χ2n) is 3.35. The van der Waals surface area contributed by atoms with E-state index >= 15 is 0 Å². The maximum Gasteiger partial charge on any atom is 0.161 e. The first-order valence-electron chi connectivity index (χ1n) is 5.18. The molecular formula is C12H17NO3. The van der Waals surface area contributed by atoms with Gasteiger partial charge in [0.1, 0.15) is 0 Å². The minimum atomic E-state index is -0.0886. The van der Waals surface area contributed by atoms with Crippen LogP contribution in [0.2, 0.25) is 0 Å². The molecule has 1 aromatic carbocycles. The van der Waals surface area contributed by atoms with Gasteiger partial charge in [-0.25, -0.2) is 0 Å². The molecule has 0 spiro atoms. The number of para-hydroxylation sites is 1. The predicted molar refractivity (Wildman–Crippen MR) is 62.2 cm³/mol. The van der Waals surface area contributed by atoms with Crippen LogP contribution in [0.25, 0.3) is 0 Å². The van der Waals surface area contributed by atoms with E-state index in [1.54, 1.807) is 12.1 Å². The zero-order valence-corrected chi connectivity index (χ0v) is 9.15. The fourth-order valence-corrected chi connectivity index (χ4v) is 1.31. The molecule has 0 aliphatic carbocycles. The van der Waals surface area contributed by atoms with Crippen LogP contribution < -0.4 is 5.32 Å². The minimum absolute atomic E-state index is 0.0580. The quantitative estimate of drug-likeness (QED) is 0.374. The summed E-state index contributed by atoms with van der Waals surface area (Å²) < 4.78 is 4.96. The molecule has 0 saturated carbocycles. The van der Waals surface area contributed by atoms with Crippen molar-refractivity contribution in [2.45, 2.75) is 13.0 Å². The van der Waals surface area contributed by atoms with Gasteiger partial charge in [-0.15, -0.1) is 0 Å². The van der Waals surface area contributed by atoms with Crippen molar-refractivity contribution in [2.75, 3.05) is 13.2 Å². The highest BCUT2D eigenvalue weighted by Gasteiger charge is 2.04. The largest absolute Gasteiger partial charge is 0.504 e. The van der Waals surface area contributed by atoms with Crippen molar-refractivity contribution in [3.8, 4) is 11.5 Å². The number of ether oxygens (including phenoxy) is 1. The molecule has 0 bridgehead atoms. The van der Waals surface area contributed by atoms with Gasteiger partial charge in [-0.2, -0.15) is 0 Å². The fourth-order valence-electron chi connectivity index (χ4n) is 1.31. The lowest BCUT2D eigenvalue weighted by Crippen LogP contribution is -2.16. The van der Waals surface area contributed by atoms with Crippen molar-refractivity contribution in [1.82, 2.24) is 5.32 Å². The Balaban J connectivity index is 2.26. The van der Waals surface area contributed by atoms with E-state index in [-0.39, 0.29) is 11.5 Å². The normalized spacial score (nSPS) is 10.0. The first-order valence-corrected chi connectivity index (χ1v) is 5.18. The van der Waals surface area contributed by atoms with Crippen LogP contribution in [-0.2, 0) is 11.3 Å². The Labute approximate surface area is 95.2 Å². The summed E-state index contributed by atoms with van der Waals surface area (Å²) in [5, 5.41) is 21.9. The molecule has 0 fully saturated rings. The van der Waals surface area contributed by atoms with E-state index < -0.39 is 0 Å². The zero-order chi connectivity index (χ0) is 11.8. The Morgan fingerprint density at radius 3 is 2.94 bits per heavy atom. The lowest BCUT2D eigenvalue weighted by molar-refractivity contribution is 0.244. The van der Waals surface area contributed by atoms with Crippen LogP contribution in [0.15, 0.2) is 31.0 Å². The molecule has 0 aliphatic heterocycles. The van der Waals surface area contributed by atoms with Crippen LogP contribution in [-0.4, -0.2) is 23.4 Å². The standard InChI is InChI=1S/C12H17NO3/c1-2-16-8-4-7-13-9-10-5-3-6-11(14)12(10)15/h2-3,5-6,13-15H,1,4,7-9H2. The summed E-state index contributed by atoms with van der Waals surface area (Å²) in [7, 11) is 0. The Hall–Kier alpha value is -1.68. The van der Waals surface area contributed by atoms with E-state index in [4.69, 9.17) is 4.74 Å². The van der Waals surface area contributed by atoms with Crippen LogP contribution in [0.4, 0.5) is 0 Å². The second kappa shape index (κ2) is 6.74. The summed E-state index contributed by atoms with van der Waals surface area (Å²) in [5.74, 6) is -0.147. The average Bonchev–Trinajstić information content (AvgIpc) is 2.29. The Kier molecular flexibility index (Phi) is 5.22. The summed E-state index contributed by atoms with van der Waals surface area (Å²) in [6.45, 7) is 5.37. The summed E-state index contributed by atoms with van der Waals surface area (Å²) in [6, 6.07) is 4.92. The van der Waals surface area contributed by atoms with Crippen LogP contribution in [0, 0.1) is 0 Å². The molecule has 0 saturated heterocycles. The van der Waals surface area contributed by atoms with Gasteiger partial charge in [-0.05, 0) is 19.0 Å². The summed E-state index contributed by atoms with van der Waals surface area (Å²) in [5.41, 5.74) is 0.685. The van der Waals surface area contributed by atoms with Crippen LogP contribution >= 0.6 is 0 Å². The van der Waals surface area contributed by atoms with Crippen molar-refractivity contribution >= 4 is 0 Å². The summed E-state index contributed by atoms with van der Waals surface area (Å²) in [6.07, 6.45) is 2.28. The topological polar surface area (TPSA) is 61.7 Å². The molecule has 4 nitrogen and oxygen atoms in total. The van der Waals surface area contributed by atoms with Gasteiger partial charge in [0, 0.05) is 12.1 Å². The number of aromatic hydroxyl groups is 2. The van der Waals surface area contributed by atoms with E-state index in [1.165, 1.54) is 12.3 Å². The van der Waals surface area contributed by atoms with Gasteiger partial charge in [0.05, 0.1) is 12.9 Å². The Bertz CT molecular complexity index is 339. The first-order chi connectivity index (χ1) is 7.75. The number of benzene rings is 1. The van der Waals surface area contributed by atoms with Crippen molar-refractivity contribution < 1.29 is 14.9 Å². The van der Waals surface area contributed by atoms with Gasteiger partial charge in [0.15, 0.2) is 11.5 Å². The molecule has 1 aromatic rings. The molecular weight excluding hydrogens is 206 g/mol. The maximum atomic E-state index is 9.51. The van der Waals surface area contributed by atoms with Crippen LogP contribution in [0.1, 0.15) is 12.0 Å². The number of hydrogen-bond donors (Lipinski definition) is 3. The molecule has 0 heterocycles. The lowest BCUT2D eigenvalue weighted by Gasteiger charge is -2.07. The van der Waals surface area contributed by atoms with Crippen molar-refractivity contribution in [3.63, 3.8) is 0 Å². The highest BCUT2D eigenvalue weighted by molar-refractivity contribution is 5.44. The van der Waals surface area contributed by atoms with E-state index in [1.807, 2.05) is 0 Å². The van der Waals surface area contributed by atoms with Gasteiger partial charge in [-0.1, -0.05) is 18.7 Å². The van der Waals surface area contributed by atoms with Gasteiger partial charge in [-0.3, -0.25) is 0 Å². The molecule has 0 aliphatic rings. The van der Waals surface area contributed by atoms with Crippen LogP contribution in [0.5, 0.6) is 11.5 Å². The molecule has 0 radical (unpaired) electrons. The summed E-state index contributed by atoms with van der Waals surface area (Å²) in [4.78, 5) is 0. The van der Waals surface area contributed by atoms with E-state index in [9.17, 15) is 10.2 Å². The molecule has 88 valence electrons. The fraction of sp³-hybridized carbons (Fsp3) is 0.333. The number of nitrogens with one attached hydrogen (secondary N) is 1. The van der Waals surface area contributed by atoms with Gasteiger partial charge < -0.3 is 20.3 Å². The Morgan fingerprint density at radius 1 is 1.38 bits per heavy atom. The SMILES string of the molecule is C=COCCCNCc1cccc(O)c1O. The third-order valence-corrected chi connectivity index (χ3v) is 2.15. The van der Waals surface area contributed by atoms with E-state index in [0.717, 1.165) is 13.0 Å². The molecule has 4 heteroatoms. The highest BCUT2D eigenvalue weighted by atomic mass is 16.5. The number of phenolic OH excluding ortho intramolecular Hbond substituents is 2. The molecule has 16 heavy (non-hydrogen) atoms. The van der Waals surface area contributed by atoms with Crippen molar-refractivity contribution in [2.24, 2.45) is 0 Å². The third-order valence-electron chi connectivity index (χ3n) is 2.15. The number of hydrogen-bond acceptors (Lipinski definition) is 4.